The first-order chi connectivity index (χ1) is 19.2. The van der Waals surface area contributed by atoms with Gasteiger partial charge in [0.25, 0.3) is 0 Å². The first-order valence-corrected chi connectivity index (χ1v) is 14.4. The van der Waals surface area contributed by atoms with E-state index in [0.29, 0.717) is 21.5 Å². The topological polar surface area (TPSA) is 108 Å². The first-order valence-electron chi connectivity index (χ1n) is 12.6. The van der Waals surface area contributed by atoms with E-state index in [1.54, 1.807) is 60.7 Å². The SMILES string of the molecule is Cc1ccc(S(=O)(=O)N[C@@H](Cc2ccccc2)C(=O)Nc2c(C(=O)c3ccccc3)[nH]c3cc(Cl)ccc23)cc1. The minimum Gasteiger partial charge on any atom is -0.350 e. The average Bonchev–Trinajstić information content (AvgIpc) is 3.30. The van der Waals surface area contributed by atoms with Gasteiger partial charge in [-0.2, -0.15) is 4.72 Å². The number of sulfonamides is 1. The summed E-state index contributed by atoms with van der Waals surface area (Å²) in [5.41, 5.74) is 3.07. The van der Waals surface area contributed by atoms with Crippen molar-refractivity contribution in [2.45, 2.75) is 24.3 Å². The number of rotatable bonds is 9. The van der Waals surface area contributed by atoms with Gasteiger partial charge in [-0.15, -0.1) is 0 Å². The number of aryl methyl sites for hydroxylation is 1. The fourth-order valence-corrected chi connectivity index (χ4v) is 5.79. The van der Waals surface area contributed by atoms with Gasteiger partial charge in [0.1, 0.15) is 11.7 Å². The summed E-state index contributed by atoms with van der Waals surface area (Å²) < 4.78 is 29.2. The number of amides is 1. The normalized spacial score (nSPS) is 12.2. The second-order valence-electron chi connectivity index (χ2n) is 9.43. The van der Waals surface area contributed by atoms with Gasteiger partial charge in [0.05, 0.1) is 10.6 Å². The number of nitrogens with one attached hydrogen (secondary N) is 3. The first kappa shape index (κ1) is 27.3. The largest absolute Gasteiger partial charge is 0.350 e. The molecule has 1 aromatic heterocycles. The summed E-state index contributed by atoms with van der Waals surface area (Å²) in [5.74, 6) is -0.944. The number of hydrogen-bond donors (Lipinski definition) is 3. The van der Waals surface area contributed by atoms with E-state index in [4.69, 9.17) is 11.6 Å². The van der Waals surface area contributed by atoms with Crippen LogP contribution in [0.15, 0.2) is 108 Å². The summed E-state index contributed by atoms with van der Waals surface area (Å²) in [6.07, 6.45) is 0.0912. The van der Waals surface area contributed by atoms with Gasteiger partial charge < -0.3 is 10.3 Å². The molecule has 1 amide bonds. The van der Waals surface area contributed by atoms with Crippen LogP contribution in [-0.4, -0.2) is 31.1 Å². The van der Waals surface area contributed by atoms with E-state index in [0.717, 1.165) is 11.1 Å². The van der Waals surface area contributed by atoms with E-state index in [2.05, 4.69) is 15.0 Å². The Morgan fingerprint density at radius 1 is 0.875 bits per heavy atom. The molecule has 202 valence electrons. The molecule has 1 atom stereocenters. The Balaban J connectivity index is 1.53. The lowest BCUT2D eigenvalue weighted by atomic mass is 10.0. The highest BCUT2D eigenvalue weighted by molar-refractivity contribution is 7.89. The molecule has 0 aliphatic rings. The van der Waals surface area contributed by atoms with E-state index < -0.39 is 22.0 Å². The second-order valence-corrected chi connectivity index (χ2v) is 11.6. The molecular formula is C31H26ClN3O4S. The molecule has 0 radical (unpaired) electrons. The van der Waals surface area contributed by atoms with Gasteiger partial charge in [0.2, 0.25) is 21.7 Å². The highest BCUT2D eigenvalue weighted by Gasteiger charge is 2.29. The smallest absolute Gasteiger partial charge is 0.242 e. The van der Waals surface area contributed by atoms with Gasteiger partial charge in [-0.25, -0.2) is 8.42 Å². The molecule has 0 aliphatic carbocycles. The van der Waals surface area contributed by atoms with E-state index >= 15 is 0 Å². The quantitative estimate of drug-likeness (QED) is 0.192. The van der Waals surface area contributed by atoms with Crippen LogP contribution in [0.1, 0.15) is 27.2 Å². The maximum absolute atomic E-state index is 13.8. The molecule has 7 nitrogen and oxygen atoms in total. The Morgan fingerprint density at radius 2 is 1.52 bits per heavy atom. The van der Waals surface area contributed by atoms with Crippen molar-refractivity contribution >= 4 is 49.9 Å². The maximum atomic E-state index is 13.8. The van der Waals surface area contributed by atoms with Crippen LogP contribution in [0.5, 0.6) is 0 Å². The lowest BCUT2D eigenvalue weighted by Gasteiger charge is -2.19. The number of halogens is 1. The second kappa shape index (κ2) is 11.5. The van der Waals surface area contributed by atoms with Crippen molar-refractivity contribution in [1.82, 2.24) is 9.71 Å². The van der Waals surface area contributed by atoms with Crippen molar-refractivity contribution in [1.29, 1.82) is 0 Å². The molecule has 4 aromatic carbocycles. The molecule has 1 heterocycles. The van der Waals surface area contributed by atoms with Crippen LogP contribution >= 0.6 is 11.6 Å². The molecule has 3 N–H and O–H groups in total. The zero-order valence-electron chi connectivity index (χ0n) is 21.5. The van der Waals surface area contributed by atoms with Crippen LogP contribution in [-0.2, 0) is 21.2 Å². The fourth-order valence-electron chi connectivity index (χ4n) is 4.42. The zero-order valence-corrected chi connectivity index (χ0v) is 23.1. The number of ketones is 1. The maximum Gasteiger partial charge on any atom is 0.242 e. The number of hydrogen-bond acceptors (Lipinski definition) is 4. The Morgan fingerprint density at radius 3 is 2.20 bits per heavy atom. The van der Waals surface area contributed by atoms with Crippen LogP contribution < -0.4 is 10.0 Å². The number of carbonyl (C=O) groups is 2. The predicted molar refractivity (Wildman–Crippen MR) is 157 cm³/mol. The van der Waals surface area contributed by atoms with Gasteiger partial charge >= 0.3 is 0 Å². The summed E-state index contributed by atoms with van der Waals surface area (Å²) in [6, 6.07) is 28.0. The molecule has 0 aliphatic heterocycles. The molecule has 0 bridgehead atoms. The Kier molecular flexibility index (Phi) is 7.84. The molecule has 5 rings (SSSR count). The predicted octanol–water partition coefficient (Wildman–Crippen LogP) is 5.89. The van der Waals surface area contributed by atoms with Gasteiger partial charge in [-0.3, -0.25) is 9.59 Å². The van der Waals surface area contributed by atoms with Crippen molar-refractivity contribution in [3.05, 3.63) is 131 Å². The third-order valence-corrected chi connectivity index (χ3v) is 8.22. The monoisotopic (exact) mass is 571 g/mol. The minimum absolute atomic E-state index is 0.0469. The van der Waals surface area contributed by atoms with E-state index in [1.807, 2.05) is 37.3 Å². The van der Waals surface area contributed by atoms with E-state index in [1.165, 1.54) is 12.1 Å². The number of carbonyl (C=O) groups excluding carboxylic acids is 2. The molecular weight excluding hydrogens is 546 g/mol. The minimum atomic E-state index is -4.04. The van der Waals surface area contributed by atoms with Crippen LogP contribution in [0.3, 0.4) is 0 Å². The lowest BCUT2D eigenvalue weighted by Crippen LogP contribution is -2.45. The summed E-state index contributed by atoms with van der Waals surface area (Å²) in [6.45, 7) is 1.86. The van der Waals surface area contributed by atoms with Crippen molar-refractivity contribution in [2.75, 3.05) is 5.32 Å². The van der Waals surface area contributed by atoms with Crippen LogP contribution in [0, 0.1) is 6.92 Å². The molecule has 9 heteroatoms. The van der Waals surface area contributed by atoms with Crippen molar-refractivity contribution < 1.29 is 18.0 Å². The van der Waals surface area contributed by atoms with Gasteiger partial charge in [0.15, 0.2) is 0 Å². The summed E-state index contributed by atoms with van der Waals surface area (Å²) in [5, 5.41) is 3.87. The van der Waals surface area contributed by atoms with Gasteiger partial charge in [-0.05, 0) is 49.2 Å². The van der Waals surface area contributed by atoms with Crippen LogP contribution in [0.4, 0.5) is 5.69 Å². The number of anilines is 1. The molecule has 0 saturated carbocycles. The molecule has 5 aromatic rings. The van der Waals surface area contributed by atoms with Crippen molar-refractivity contribution in [3.63, 3.8) is 0 Å². The molecule has 40 heavy (non-hydrogen) atoms. The van der Waals surface area contributed by atoms with E-state index in [9.17, 15) is 18.0 Å². The van der Waals surface area contributed by atoms with Crippen molar-refractivity contribution in [3.8, 4) is 0 Å². The lowest BCUT2D eigenvalue weighted by molar-refractivity contribution is -0.117. The van der Waals surface area contributed by atoms with Crippen LogP contribution in [0.2, 0.25) is 5.02 Å². The number of fused-ring (bicyclic) bond motifs is 1. The summed E-state index contributed by atoms with van der Waals surface area (Å²) in [4.78, 5) is 30.4. The fraction of sp³-hybridized carbons (Fsp3) is 0.0968. The standard InChI is InChI=1S/C31H26ClN3O4S/c1-20-12-15-24(16-13-20)40(38,39)35-27(18-21-8-4-2-5-9-21)31(37)34-28-25-17-14-23(32)19-26(25)33-29(28)30(36)22-10-6-3-7-11-22/h2-17,19,27,33,35H,18H2,1H3,(H,34,37)/t27-/m0/s1. The molecule has 0 fully saturated rings. The number of aromatic amines is 1. The molecule has 0 spiro atoms. The van der Waals surface area contributed by atoms with Gasteiger partial charge in [-0.1, -0.05) is 90.0 Å². The Bertz CT molecular complexity index is 1790. The summed E-state index contributed by atoms with van der Waals surface area (Å²) >= 11 is 6.19. The third-order valence-electron chi connectivity index (χ3n) is 6.50. The highest BCUT2D eigenvalue weighted by Crippen LogP contribution is 2.32. The Hall–Kier alpha value is -4.24. The molecule has 0 saturated heterocycles. The average molecular weight is 572 g/mol. The number of aromatic nitrogens is 1. The number of H-pyrrole nitrogens is 1. The highest BCUT2D eigenvalue weighted by atomic mass is 35.5. The third kappa shape index (κ3) is 5.99. The van der Waals surface area contributed by atoms with Gasteiger partial charge in [0, 0.05) is 21.5 Å². The van der Waals surface area contributed by atoms with Crippen molar-refractivity contribution in [2.24, 2.45) is 0 Å². The molecule has 0 unspecified atom stereocenters. The van der Waals surface area contributed by atoms with Crippen LogP contribution in [0.25, 0.3) is 10.9 Å². The number of benzene rings is 4. The summed E-state index contributed by atoms with van der Waals surface area (Å²) in [7, 11) is -4.04. The van der Waals surface area contributed by atoms with E-state index in [-0.39, 0.29) is 28.5 Å². The Labute approximate surface area is 237 Å². The zero-order chi connectivity index (χ0) is 28.3.